The molecule has 6 heteroatoms. The summed E-state index contributed by atoms with van der Waals surface area (Å²) in [6.45, 7) is 0. The molecule has 0 saturated carbocycles. The van der Waals surface area contributed by atoms with Gasteiger partial charge in [-0.1, -0.05) is 0 Å². The first-order valence-electron chi connectivity index (χ1n) is 6.24. The quantitative estimate of drug-likeness (QED) is 0.523. The van der Waals surface area contributed by atoms with Crippen LogP contribution in [0.2, 0.25) is 0 Å². The molecule has 0 aliphatic rings. The zero-order valence-electron chi connectivity index (χ0n) is 12.1. The minimum Gasteiger partial charge on any atom is -1.00 e. The summed E-state index contributed by atoms with van der Waals surface area (Å²) in [5.41, 5.74) is 2.95. The lowest BCUT2D eigenvalue weighted by Crippen LogP contribution is -3.00. The number of aromatic nitrogens is 2. The summed E-state index contributed by atoms with van der Waals surface area (Å²) in [7, 11) is 3.28. The normalized spacial score (nSPS) is 9.55. The Morgan fingerprint density at radius 2 is 1.59 bits per heavy atom. The predicted octanol–water partition coefficient (Wildman–Crippen LogP) is -2.68. The Balaban J connectivity index is 0.00000121. The van der Waals surface area contributed by atoms with Crippen LogP contribution in [0.1, 0.15) is 0 Å². The molecule has 0 spiro atoms. The molecule has 0 unspecified atom stereocenters. The van der Waals surface area contributed by atoms with Crippen LogP contribution in [0.3, 0.4) is 0 Å². The molecule has 0 bridgehead atoms. The smallest absolute Gasteiger partial charge is 0.131 e. The number of rotatable bonds is 3. The number of fused-ring (bicyclic) bond motifs is 1. The first-order chi connectivity index (χ1) is 9.81. The van der Waals surface area contributed by atoms with E-state index in [1.54, 1.807) is 26.6 Å². The Morgan fingerprint density at radius 3 is 2.23 bits per heavy atom. The van der Waals surface area contributed by atoms with E-state index >= 15 is 0 Å². The van der Waals surface area contributed by atoms with Gasteiger partial charge in [-0.3, -0.25) is 9.97 Å². The number of nitrogens with zero attached hydrogens (tertiary/aromatic N) is 2. The van der Waals surface area contributed by atoms with Crippen LogP contribution in [0.15, 0.2) is 48.9 Å². The van der Waals surface area contributed by atoms with E-state index in [1.807, 2.05) is 30.5 Å². The van der Waals surface area contributed by atoms with Crippen LogP contribution in [-0.2, 0) is 0 Å². The summed E-state index contributed by atoms with van der Waals surface area (Å²) in [5.74, 6) is 1.49. The van der Waals surface area contributed by atoms with Crippen LogP contribution in [0.5, 0.6) is 11.5 Å². The van der Waals surface area contributed by atoms with Crippen molar-refractivity contribution in [2.24, 2.45) is 0 Å². The van der Waals surface area contributed by atoms with Crippen molar-refractivity contribution in [2.75, 3.05) is 14.2 Å². The van der Waals surface area contributed by atoms with Gasteiger partial charge < -0.3 is 34.3 Å². The molecule has 0 amide bonds. The Bertz CT molecular complexity index is 752. The third kappa shape index (κ3) is 3.40. The second-order valence-corrected chi connectivity index (χ2v) is 4.36. The molecule has 0 atom stereocenters. The molecule has 0 N–H and O–H groups in total. The third-order valence-electron chi connectivity index (χ3n) is 3.21. The van der Waals surface area contributed by atoms with Crippen LogP contribution >= 0.6 is 0 Å². The van der Waals surface area contributed by atoms with E-state index in [4.69, 9.17) is 9.47 Å². The van der Waals surface area contributed by atoms with Gasteiger partial charge in [0.15, 0.2) is 0 Å². The molecule has 0 fully saturated rings. The monoisotopic (exact) mass is 336 g/mol. The lowest BCUT2D eigenvalue weighted by Gasteiger charge is -2.09. The maximum atomic E-state index is 5.43. The Hall–Kier alpha value is -2.04. The summed E-state index contributed by atoms with van der Waals surface area (Å²) in [4.78, 5) is 8.52. The maximum Gasteiger partial charge on any atom is 0.131 e. The van der Waals surface area contributed by atoms with E-state index in [0.29, 0.717) is 0 Å². The van der Waals surface area contributed by atoms with Crippen molar-refractivity contribution in [2.45, 2.75) is 0 Å². The van der Waals surface area contributed by atoms with Crippen LogP contribution in [-0.4, -0.2) is 24.2 Å². The van der Waals surface area contributed by atoms with Crippen LogP contribution in [0.4, 0.5) is 0 Å². The number of methoxy groups -OCH3 is 2. The molecule has 22 heavy (non-hydrogen) atoms. The van der Waals surface area contributed by atoms with Gasteiger partial charge in [0.05, 0.1) is 19.7 Å². The average molecular weight is 337 g/mol. The van der Waals surface area contributed by atoms with Gasteiger partial charge in [0.1, 0.15) is 11.5 Å². The van der Waals surface area contributed by atoms with E-state index in [2.05, 4.69) is 16.0 Å². The molecule has 3 aromatic rings. The van der Waals surface area contributed by atoms with Crippen molar-refractivity contribution in [3.05, 3.63) is 48.9 Å². The maximum absolute atomic E-state index is 5.43. The topological polar surface area (TPSA) is 44.2 Å². The minimum atomic E-state index is 0. The van der Waals surface area contributed by atoms with Crippen LogP contribution in [0, 0.1) is 0 Å². The Labute approximate surface area is 141 Å². The van der Waals surface area contributed by atoms with Crippen molar-refractivity contribution in [1.82, 2.24) is 9.97 Å². The lowest BCUT2D eigenvalue weighted by molar-refractivity contribution is -0.001000. The standard InChI is InChI=1S/C16H14N2O2.2ClH/c1-19-13-8-15-14(16(9-13)20-2)7-12(10-18-15)11-3-5-17-6-4-11;;/h3-10H,1-2H3;2*1H/p-2. The third-order valence-corrected chi connectivity index (χ3v) is 3.21. The number of hydrogen-bond donors (Lipinski definition) is 0. The number of halogens is 2. The fourth-order valence-corrected chi connectivity index (χ4v) is 2.16. The van der Waals surface area contributed by atoms with E-state index in [-0.39, 0.29) is 24.8 Å². The van der Waals surface area contributed by atoms with Gasteiger partial charge in [-0.2, -0.15) is 0 Å². The summed E-state index contributed by atoms with van der Waals surface area (Å²) in [6, 6.07) is 9.74. The van der Waals surface area contributed by atoms with Crippen molar-refractivity contribution in [3.8, 4) is 22.6 Å². The minimum absolute atomic E-state index is 0. The SMILES string of the molecule is COc1cc(OC)c2cc(-c3ccncc3)cnc2c1.[Cl-].[Cl-]. The molecule has 0 aliphatic heterocycles. The first kappa shape index (κ1) is 18.0. The number of benzene rings is 1. The molecule has 0 aliphatic carbocycles. The van der Waals surface area contributed by atoms with Gasteiger partial charge in [0.25, 0.3) is 0 Å². The fourth-order valence-electron chi connectivity index (χ4n) is 2.16. The summed E-state index contributed by atoms with van der Waals surface area (Å²) < 4.78 is 10.7. The summed E-state index contributed by atoms with van der Waals surface area (Å²) in [5, 5.41) is 0.961. The van der Waals surface area contributed by atoms with E-state index in [0.717, 1.165) is 33.5 Å². The zero-order chi connectivity index (χ0) is 13.9. The highest BCUT2D eigenvalue weighted by atomic mass is 35.5. The number of pyridine rings is 2. The molecule has 2 heterocycles. The largest absolute Gasteiger partial charge is 1.00 e. The number of ether oxygens (including phenoxy) is 2. The molecule has 0 radical (unpaired) electrons. The lowest BCUT2D eigenvalue weighted by atomic mass is 10.1. The molecule has 2 aromatic heterocycles. The van der Waals surface area contributed by atoms with Crippen molar-refractivity contribution in [1.29, 1.82) is 0 Å². The highest BCUT2D eigenvalue weighted by molar-refractivity contribution is 5.90. The van der Waals surface area contributed by atoms with E-state index in [1.165, 1.54) is 0 Å². The van der Waals surface area contributed by atoms with Crippen LogP contribution in [0.25, 0.3) is 22.0 Å². The van der Waals surface area contributed by atoms with Crippen molar-refractivity contribution in [3.63, 3.8) is 0 Å². The molecular formula is C16H14Cl2N2O2-2. The van der Waals surface area contributed by atoms with Crippen LogP contribution < -0.4 is 34.3 Å². The summed E-state index contributed by atoms with van der Waals surface area (Å²) >= 11 is 0. The molecule has 1 aromatic carbocycles. The van der Waals surface area contributed by atoms with E-state index < -0.39 is 0 Å². The van der Waals surface area contributed by atoms with Crippen molar-refractivity contribution < 1.29 is 34.3 Å². The van der Waals surface area contributed by atoms with Crippen molar-refractivity contribution >= 4 is 10.9 Å². The first-order valence-corrected chi connectivity index (χ1v) is 6.24. The Morgan fingerprint density at radius 1 is 0.864 bits per heavy atom. The molecule has 4 nitrogen and oxygen atoms in total. The molecule has 116 valence electrons. The Kier molecular flexibility index (Phi) is 6.40. The van der Waals surface area contributed by atoms with Gasteiger partial charge in [-0.25, -0.2) is 0 Å². The van der Waals surface area contributed by atoms with Gasteiger partial charge in [0, 0.05) is 41.7 Å². The van der Waals surface area contributed by atoms with E-state index in [9.17, 15) is 0 Å². The average Bonchev–Trinajstić information content (AvgIpc) is 2.54. The zero-order valence-corrected chi connectivity index (χ0v) is 13.6. The van der Waals surface area contributed by atoms with Gasteiger partial charge >= 0.3 is 0 Å². The van der Waals surface area contributed by atoms with Gasteiger partial charge in [-0.15, -0.1) is 0 Å². The predicted molar refractivity (Wildman–Crippen MR) is 78.1 cm³/mol. The molecule has 3 rings (SSSR count). The second-order valence-electron chi connectivity index (χ2n) is 4.36. The highest BCUT2D eigenvalue weighted by Gasteiger charge is 2.08. The fraction of sp³-hybridized carbons (Fsp3) is 0.125. The van der Waals surface area contributed by atoms with Gasteiger partial charge in [-0.05, 0) is 23.8 Å². The second kappa shape index (κ2) is 7.82. The van der Waals surface area contributed by atoms with Gasteiger partial charge in [0.2, 0.25) is 0 Å². The summed E-state index contributed by atoms with van der Waals surface area (Å²) in [6.07, 6.45) is 5.38. The molecule has 0 saturated heterocycles. The number of hydrogen-bond acceptors (Lipinski definition) is 4. The highest BCUT2D eigenvalue weighted by Crippen LogP contribution is 2.32. The molecular weight excluding hydrogens is 323 g/mol.